The maximum Gasteiger partial charge on any atom is 0.220 e. The SMILES string of the molecule is CNCCOCCOCCOCCOCCNC(=O)CCCCCCCCOC(C)C. The molecule has 8 nitrogen and oxygen atoms in total. The van der Waals surface area contributed by atoms with Gasteiger partial charge in [0.05, 0.1) is 59.0 Å². The van der Waals surface area contributed by atoms with Gasteiger partial charge in [-0.2, -0.15) is 0 Å². The molecule has 0 radical (unpaired) electrons. The van der Waals surface area contributed by atoms with E-state index >= 15 is 0 Å². The van der Waals surface area contributed by atoms with Gasteiger partial charge >= 0.3 is 0 Å². The van der Waals surface area contributed by atoms with Crippen molar-refractivity contribution in [2.24, 2.45) is 0 Å². The second-order valence-electron chi connectivity index (χ2n) is 7.69. The standard InChI is InChI=1S/C23H48N2O6/c1-22(2)31-13-9-7-5-4-6-8-10-23(26)25-12-15-28-17-19-30-21-20-29-18-16-27-14-11-24-3/h22,24H,4-21H2,1-3H3,(H,25,26). The number of ether oxygens (including phenoxy) is 5. The van der Waals surface area contributed by atoms with Crippen LogP contribution in [0.2, 0.25) is 0 Å². The number of rotatable bonds is 25. The average Bonchev–Trinajstić information content (AvgIpc) is 2.75. The first kappa shape index (κ1) is 30.2. The van der Waals surface area contributed by atoms with Crippen LogP contribution >= 0.6 is 0 Å². The van der Waals surface area contributed by atoms with Crippen LogP contribution < -0.4 is 10.6 Å². The van der Waals surface area contributed by atoms with Gasteiger partial charge in [0.25, 0.3) is 0 Å². The van der Waals surface area contributed by atoms with Crippen LogP contribution in [-0.2, 0) is 28.5 Å². The lowest BCUT2D eigenvalue weighted by atomic mass is 10.1. The van der Waals surface area contributed by atoms with Gasteiger partial charge in [0.1, 0.15) is 0 Å². The Morgan fingerprint density at radius 3 is 1.68 bits per heavy atom. The molecule has 0 unspecified atom stereocenters. The van der Waals surface area contributed by atoms with E-state index in [0.29, 0.717) is 71.9 Å². The molecule has 0 rings (SSSR count). The number of hydrogen-bond acceptors (Lipinski definition) is 7. The Bertz CT molecular complexity index is 372. The monoisotopic (exact) mass is 448 g/mol. The van der Waals surface area contributed by atoms with Crippen LogP contribution in [-0.4, -0.2) is 91.6 Å². The normalized spacial score (nSPS) is 11.4. The summed E-state index contributed by atoms with van der Waals surface area (Å²) in [4.78, 5) is 11.8. The van der Waals surface area contributed by atoms with E-state index in [1.165, 1.54) is 19.3 Å². The molecule has 186 valence electrons. The summed E-state index contributed by atoms with van der Waals surface area (Å²) in [6, 6.07) is 0. The van der Waals surface area contributed by atoms with E-state index in [1.807, 2.05) is 7.05 Å². The Morgan fingerprint density at radius 2 is 1.13 bits per heavy atom. The molecule has 0 fully saturated rings. The minimum absolute atomic E-state index is 0.109. The molecule has 0 aliphatic carbocycles. The molecule has 0 heterocycles. The van der Waals surface area contributed by atoms with E-state index in [4.69, 9.17) is 23.7 Å². The summed E-state index contributed by atoms with van der Waals surface area (Å²) in [5.74, 6) is 0.109. The first-order chi connectivity index (χ1) is 15.2. The predicted molar refractivity (Wildman–Crippen MR) is 124 cm³/mol. The topological polar surface area (TPSA) is 87.3 Å². The van der Waals surface area contributed by atoms with Gasteiger partial charge in [-0.05, 0) is 33.7 Å². The highest BCUT2D eigenvalue weighted by atomic mass is 16.6. The quantitative estimate of drug-likeness (QED) is 0.208. The number of carbonyl (C=O) groups excluding carboxylic acids is 1. The zero-order valence-electron chi connectivity index (χ0n) is 20.3. The summed E-state index contributed by atoms with van der Waals surface area (Å²) in [7, 11) is 1.90. The van der Waals surface area contributed by atoms with E-state index in [9.17, 15) is 4.79 Å². The lowest BCUT2D eigenvalue weighted by molar-refractivity contribution is -0.121. The maximum absolute atomic E-state index is 11.8. The number of amides is 1. The second-order valence-corrected chi connectivity index (χ2v) is 7.69. The predicted octanol–water partition coefficient (Wildman–Crippen LogP) is 2.54. The molecular weight excluding hydrogens is 400 g/mol. The molecule has 0 aromatic rings. The third-order valence-electron chi connectivity index (χ3n) is 4.43. The number of carbonyl (C=O) groups is 1. The molecule has 8 heteroatoms. The molecule has 0 aromatic carbocycles. The van der Waals surface area contributed by atoms with Gasteiger partial charge in [-0.25, -0.2) is 0 Å². The highest BCUT2D eigenvalue weighted by Crippen LogP contribution is 2.07. The van der Waals surface area contributed by atoms with Crippen LogP contribution in [0, 0.1) is 0 Å². The molecule has 2 N–H and O–H groups in total. The average molecular weight is 449 g/mol. The van der Waals surface area contributed by atoms with Gasteiger partial charge in [0.2, 0.25) is 5.91 Å². The Labute approximate surface area is 190 Å². The van der Waals surface area contributed by atoms with Crippen molar-refractivity contribution in [1.82, 2.24) is 10.6 Å². The number of likely N-dealkylation sites (N-methyl/N-ethyl adjacent to an activating group) is 1. The van der Waals surface area contributed by atoms with Gasteiger partial charge in [0.15, 0.2) is 0 Å². The highest BCUT2D eigenvalue weighted by Gasteiger charge is 2.01. The van der Waals surface area contributed by atoms with Gasteiger partial charge in [-0.15, -0.1) is 0 Å². The number of nitrogens with one attached hydrogen (secondary N) is 2. The highest BCUT2D eigenvalue weighted by molar-refractivity contribution is 5.75. The minimum atomic E-state index is 0.109. The van der Waals surface area contributed by atoms with Crippen LogP contribution in [0.5, 0.6) is 0 Å². The summed E-state index contributed by atoms with van der Waals surface area (Å²) in [6.45, 7) is 10.9. The van der Waals surface area contributed by atoms with Crippen molar-refractivity contribution in [3.63, 3.8) is 0 Å². The maximum atomic E-state index is 11.8. The first-order valence-electron chi connectivity index (χ1n) is 12.0. The van der Waals surface area contributed by atoms with E-state index < -0.39 is 0 Å². The summed E-state index contributed by atoms with van der Waals surface area (Å²) in [6.07, 6.45) is 7.73. The van der Waals surface area contributed by atoms with Crippen LogP contribution in [0.1, 0.15) is 58.8 Å². The van der Waals surface area contributed by atoms with E-state index in [1.54, 1.807) is 0 Å². The molecule has 31 heavy (non-hydrogen) atoms. The Balaban J connectivity index is 3.14. The fourth-order valence-corrected chi connectivity index (χ4v) is 2.70. The van der Waals surface area contributed by atoms with Gasteiger partial charge in [-0.3, -0.25) is 4.79 Å². The van der Waals surface area contributed by atoms with E-state index in [2.05, 4.69) is 24.5 Å². The third kappa shape index (κ3) is 27.2. The van der Waals surface area contributed by atoms with Crippen molar-refractivity contribution < 1.29 is 28.5 Å². The van der Waals surface area contributed by atoms with E-state index in [0.717, 1.165) is 32.4 Å². The van der Waals surface area contributed by atoms with Crippen molar-refractivity contribution in [3.05, 3.63) is 0 Å². The van der Waals surface area contributed by atoms with Crippen molar-refractivity contribution in [2.45, 2.75) is 64.9 Å². The molecule has 0 aliphatic rings. The largest absolute Gasteiger partial charge is 0.379 e. The van der Waals surface area contributed by atoms with Crippen molar-refractivity contribution in [3.8, 4) is 0 Å². The van der Waals surface area contributed by atoms with Crippen LogP contribution in [0.25, 0.3) is 0 Å². The molecule has 0 aliphatic heterocycles. The molecule has 0 spiro atoms. The number of unbranched alkanes of at least 4 members (excludes halogenated alkanes) is 5. The summed E-state index contributed by atoms with van der Waals surface area (Å²) in [5, 5.41) is 5.91. The molecule has 0 aromatic heterocycles. The Hall–Kier alpha value is -0.770. The van der Waals surface area contributed by atoms with Crippen molar-refractivity contribution in [1.29, 1.82) is 0 Å². The van der Waals surface area contributed by atoms with Crippen molar-refractivity contribution in [2.75, 3.05) is 79.6 Å². The lowest BCUT2D eigenvalue weighted by Gasteiger charge is -2.08. The third-order valence-corrected chi connectivity index (χ3v) is 4.43. The fourth-order valence-electron chi connectivity index (χ4n) is 2.70. The molecule has 0 atom stereocenters. The smallest absolute Gasteiger partial charge is 0.220 e. The van der Waals surface area contributed by atoms with Gasteiger partial charge in [0, 0.05) is 26.1 Å². The first-order valence-corrected chi connectivity index (χ1v) is 12.0. The molecular formula is C23H48N2O6. The zero-order chi connectivity index (χ0) is 22.8. The summed E-state index contributed by atoms with van der Waals surface area (Å²) < 4.78 is 27.2. The second kappa shape index (κ2) is 25.5. The Morgan fingerprint density at radius 1 is 0.645 bits per heavy atom. The summed E-state index contributed by atoms with van der Waals surface area (Å²) >= 11 is 0. The number of hydrogen-bond donors (Lipinski definition) is 2. The Kier molecular flexibility index (Phi) is 24.9. The molecule has 0 saturated carbocycles. The van der Waals surface area contributed by atoms with Crippen LogP contribution in [0.3, 0.4) is 0 Å². The molecule has 0 bridgehead atoms. The molecule has 1 amide bonds. The molecule has 0 saturated heterocycles. The zero-order valence-corrected chi connectivity index (χ0v) is 20.3. The minimum Gasteiger partial charge on any atom is -0.379 e. The van der Waals surface area contributed by atoms with Crippen LogP contribution in [0.15, 0.2) is 0 Å². The van der Waals surface area contributed by atoms with E-state index in [-0.39, 0.29) is 5.91 Å². The lowest BCUT2D eigenvalue weighted by Crippen LogP contribution is -2.27. The van der Waals surface area contributed by atoms with Crippen LogP contribution in [0.4, 0.5) is 0 Å². The van der Waals surface area contributed by atoms with Gasteiger partial charge in [-0.1, -0.05) is 25.7 Å². The van der Waals surface area contributed by atoms with Gasteiger partial charge < -0.3 is 34.3 Å². The fraction of sp³-hybridized carbons (Fsp3) is 0.957. The van der Waals surface area contributed by atoms with Crippen molar-refractivity contribution >= 4 is 5.91 Å². The summed E-state index contributed by atoms with van der Waals surface area (Å²) in [5.41, 5.74) is 0.